The van der Waals surface area contributed by atoms with E-state index in [2.05, 4.69) is 5.32 Å². The summed E-state index contributed by atoms with van der Waals surface area (Å²) in [4.78, 5) is 14.2. The second-order valence-electron chi connectivity index (χ2n) is 6.06. The van der Waals surface area contributed by atoms with E-state index in [1.54, 1.807) is 11.0 Å². The number of halogens is 1. The van der Waals surface area contributed by atoms with Gasteiger partial charge >= 0.3 is 0 Å². The van der Waals surface area contributed by atoms with Crippen molar-refractivity contribution in [1.29, 1.82) is 0 Å². The molecule has 0 saturated carbocycles. The molecular weight excluding hydrogens is 271 g/mol. The van der Waals surface area contributed by atoms with Gasteiger partial charge in [0.1, 0.15) is 11.6 Å². The van der Waals surface area contributed by atoms with Crippen LogP contribution >= 0.6 is 0 Å². The number of nitrogens with one attached hydrogen (secondary N) is 1. The van der Waals surface area contributed by atoms with Gasteiger partial charge in [-0.2, -0.15) is 0 Å². The Balaban J connectivity index is 1.69. The number of ether oxygens (including phenoxy) is 1. The molecule has 0 aromatic heterocycles. The number of rotatable bonds is 2. The monoisotopic (exact) mass is 292 g/mol. The van der Waals surface area contributed by atoms with Crippen molar-refractivity contribution in [2.75, 3.05) is 33.3 Å². The van der Waals surface area contributed by atoms with Gasteiger partial charge in [0.05, 0.1) is 12.7 Å². The van der Waals surface area contributed by atoms with Crippen LogP contribution in [0.4, 0.5) is 4.39 Å². The smallest absolute Gasteiger partial charge is 0.256 e. The maximum atomic E-state index is 14.0. The van der Waals surface area contributed by atoms with Crippen molar-refractivity contribution in [2.45, 2.75) is 19.3 Å². The van der Waals surface area contributed by atoms with Gasteiger partial charge in [-0.05, 0) is 43.4 Å². The summed E-state index contributed by atoms with van der Waals surface area (Å²) in [6.07, 6.45) is 3.19. The molecule has 2 heterocycles. The van der Waals surface area contributed by atoms with E-state index in [1.165, 1.54) is 25.7 Å². The first-order valence-electron chi connectivity index (χ1n) is 7.47. The highest BCUT2D eigenvalue weighted by atomic mass is 19.1. The fraction of sp³-hybridized carbons (Fsp3) is 0.562. The van der Waals surface area contributed by atoms with Crippen LogP contribution in [0.2, 0.25) is 0 Å². The van der Waals surface area contributed by atoms with Gasteiger partial charge in [-0.1, -0.05) is 0 Å². The van der Waals surface area contributed by atoms with Crippen LogP contribution in [0.3, 0.4) is 0 Å². The van der Waals surface area contributed by atoms with Gasteiger partial charge in [0.25, 0.3) is 5.91 Å². The van der Waals surface area contributed by atoms with Crippen LogP contribution < -0.4 is 10.1 Å². The van der Waals surface area contributed by atoms with Gasteiger partial charge in [-0.3, -0.25) is 4.79 Å². The summed E-state index contributed by atoms with van der Waals surface area (Å²) < 4.78 is 19.0. The SMILES string of the molecule is COc1ccc(C(=O)N2CCC3(CCNC3)CC2)c(F)c1. The zero-order valence-electron chi connectivity index (χ0n) is 12.3. The molecule has 2 aliphatic heterocycles. The number of nitrogens with zero attached hydrogens (tertiary/aromatic N) is 1. The predicted octanol–water partition coefficient (Wildman–Crippen LogP) is 2.05. The van der Waals surface area contributed by atoms with Crippen molar-refractivity contribution < 1.29 is 13.9 Å². The lowest BCUT2D eigenvalue weighted by molar-refractivity contribution is 0.0603. The Hall–Kier alpha value is -1.62. The lowest BCUT2D eigenvalue weighted by Gasteiger charge is -2.38. The van der Waals surface area contributed by atoms with E-state index in [-0.39, 0.29) is 11.5 Å². The fourth-order valence-electron chi connectivity index (χ4n) is 3.37. The van der Waals surface area contributed by atoms with Gasteiger partial charge in [0, 0.05) is 25.7 Å². The minimum Gasteiger partial charge on any atom is -0.497 e. The number of hydrogen-bond acceptors (Lipinski definition) is 3. The Kier molecular flexibility index (Phi) is 3.85. The third-order valence-electron chi connectivity index (χ3n) is 4.85. The molecule has 0 atom stereocenters. The Bertz CT molecular complexity index is 531. The van der Waals surface area contributed by atoms with Crippen LogP contribution in [-0.2, 0) is 0 Å². The quantitative estimate of drug-likeness (QED) is 0.907. The van der Waals surface area contributed by atoms with E-state index in [0.717, 1.165) is 25.9 Å². The normalized spacial score (nSPS) is 20.8. The molecule has 1 N–H and O–H groups in total. The molecule has 1 aromatic rings. The number of hydrogen-bond donors (Lipinski definition) is 1. The number of amides is 1. The van der Waals surface area contributed by atoms with Gasteiger partial charge in [-0.15, -0.1) is 0 Å². The highest BCUT2D eigenvalue weighted by Gasteiger charge is 2.38. The second-order valence-corrected chi connectivity index (χ2v) is 6.06. The minimum absolute atomic E-state index is 0.135. The summed E-state index contributed by atoms with van der Waals surface area (Å²) in [5.74, 6) is -0.295. The maximum Gasteiger partial charge on any atom is 0.256 e. The number of likely N-dealkylation sites (tertiary alicyclic amines) is 1. The molecule has 1 aromatic carbocycles. The van der Waals surface area contributed by atoms with E-state index in [1.807, 2.05) is 0 Å². The average Bonchev–Trinajstić information content (AvgIpc) is 2.95. The summed E-state index contributed by atoms with van der Waals surface area (Å²) in [5, 5.41) is 3.40. The number of piperidine rings is 1. The molecule has 2 saturated heterocycles. The van der Waals surface area contributed by atoms with E-state index >= 15 is 0 Å². The summed E-state index contributed by atoms with van der Waals surface area (Å²) in [6, 6.07) is 4.40. The van der Waals surface area contributed by atoms with Gasteiger partial charge in [0.2, 0.25) is 0 Å². The number of benzene rings is 1. The molecule has 4 nitrogen and oxygen atoms in total. The molecule has 114 valence electrons. The van der Waals surface area contributed by atoms with Crippen molar-refractivity contribution in [1.82, 2.24) is 10.2 Å². The molecular formula is C16H21FN2O2. The van der Waals surface area contributed by atoms with Crippen molar-refractivity contribution >= 4 is 5.91 Å². The predicted molar refractivity (Wildman–Crippen MR) is 78.0 cm³/mol. The summed E-state index contributed by atoms with van der Waals surface area (Å²) in [7, 11) is 1.48. The van der Waals surface area contributed by atoms with E-state index in [9.17, 15) is 9.18 Å². The fourth-order valence-corrected chi connectivity index (χ4v) is 3.37. The van der Waals surface area contributed by atoms with Crippen LogP contribution in [0.5, 0.6) is 5.75 Å². The van der Waals surface area contributed by atoms with Crippen molar-refractivity contribution in [2.24, 2.45) is 5.41 Å². The van der Waals surface area contributed by atoms with Crippen molar-refractivity contribution in [3.63, 3.8) is 0 Å². The molecule has 3 rings (SSSR count). The second kappa shape index (κ2) is 5.64. The molecule has 0 bridgehead atoms. The first kappa shape index (κ1) is 14.3. The topological polar surface area (TPSA) is 41.6 Å². The highest BCUT2D eigenvalue weighted by molar-refractivity contribution is 5.94. The molecule has 5 heteroatoms. The number of carbonyl (C=O) groups is 1. The third-order valence-corrected chi connectivity index (χ3v) is 4.85. The zero-order chi connectivity index (χ0) is 14.9. The van der Waals surface area contributed by atoms with Gasteiger partial charge in [0.15, 0.2) is 0 Å². The summed E-state index contributed by atoms with van der Waals surface area (Å²) >= 11 is 0. The van der Waals surface area contributed by atoms with Crippen molar-refractivity contribution in [3.05, 3.63) is 29.6 Å². The van der Waals surface area contributed by atoms with E-state index in [0.29, 0.717) is 24.3 Å². The van der Waals surface area contributed by atoms with Crippen LogP contribution in [0.15, 0.2) is 18.2 Å². The summed E-state index contributed by atoms with van der Waals surface area (Å²) in [5.41, 5.74) is 0.492. The molecule has 21 heavy (non-hydrogen) atoms. The van der Waals surface area contributed by atoms with Crippen LogP contribution in [0, 0.1) is 11.2 Å². The molecule has 0 radical (unpaired) electrons. The Morgan fingerprint density at radius 3 is 2.67 bits per heavy atom. The minimum atomic E-state index is -0.512. The molecule has 2 aliphatic rings. The van der Waals surface area contributed by atoms with Gasteiger partial charge in [-0.25, -0.2) is 4.39 Å². The Morgan fingerprint density at radius 1 is 1.33 bits per heavy atom. The number of methoxy groups -OCH3 is 1. The van der Waals surface area contributed by atoms with E-state index in [4.69, 9.17) is 4.74 Å². The van der Waals surface area contributed by atoms with E-state index < -0.39 is 5.82 Å². The Morgan fingerprint density at radius 2 is 2.10 bits per heavy atom. The molecule has 1 amide bonds. The number of carbonyl (C=O) groups excluding carboxylic acids is 1. The largest absolute Gasteiger partial charge is 0.497 e. The molecule has 1 spiro atoms. The van der Waals surface area contributed by atoms with Crippen LogP contribution in [-0.4, -0.2) is 44.1 Å². The standard InChI is InChI=1S/C16H21FN2O2/c1-21-12-2-3-13(14(17)10-12)15(20)19-8-5-16(6-9-19)4-7-18-11-16/h2-3,10,18H,4-9,11H2,1H3. The highest BCUT2D eigenvalue weighted by Crippen LogP contribution is 2.37. The molecule has 0 unspecified atom stereocenters. The average molecular weight is 292 g/mol. The van der Waals surface area contributed by atoms with Gasteiger partial charge < -0.3 is 15.0 Å². The lowest BCUT2D eigenvalue weighted by atomic mass is 9.78. The molecule has 2 fully saturated rings. The zero-order valence-corrected chi connectivity index (χ0v) is 12.3. The van der Waals surface area contributed by atoms with Crippen molar-refractivity contribution in [3.8, 4) is 5.75 Å². The molecule has 0 aliphatic carbocycles. The Labute approximate surface area is 124 Å². The van der Waals surface area contributed by atoms with Crippen LogP contribution in [0.25, 0.3) is 0 Å². The first-order chi connectivity index (χ1) is 10.1. The first-order valence-corrected chi connectivity index (χ1v) is 7.47. The summed E-state index contributed by atoms with van der Waals surface area (Å²) in [6.45, 7) is 3.55. The maximum absolute atomic E-state index is 14.0. The third kappa shape index (κ3) is 2.75. The van der Waals surface area contributed by atoms with Crippen LogP contribution in [0.1, 0.15) is 29.6 Å². The lowest BCUT2D eigenvalue weighted by Crippen LogP contribution is -2.44.